The number of pyridine rings is 1. The first-order valence-corrected chi connectivity index (χ1v) is 18.1. The van der Waals surface area contributed by atoms with E-state index in [9.17, 15) is 19.5 Å². The molecule has 256 valence electrons. The molecule has 0 aliphatic carbocycles. The molecule has 4 aromatic carbocycles. The molecule has 0 spiro atoms. The molecule has 1 aromatic heterocycles. The predicted octanol–water partition coefficient (Wildman–Crippen LogP) is 4.92. The highest BCUT2D eigenvalue weighted by molar-refractivity contribution is 7.95. The fourth-order valence-electron chi connectivity index (χ4n) is 5.38. The minimum Gasteiger partial charge on any atom is -0.549 e. The molecule has 0 aliphatic rings. The van der Waals surface area contributed by atoms with Gasteiger partial charge in [-0.05, 0) is 39.7 Å². The van der Waals surface area contributed by atoms with Gasteiger partial charge in [-0.3, -0.25) is 4.79 Å². The Balaban J connectivity index is 1.29. The Hall–Kier alpha value is -5.61. The smallest absolute Gasteiger partial charge is 0.408 e. The standard InChI is InChI=1S/C40H40N4O5S/c45-38(43-26-35(39(46)47)34-21-19-33(20-22-34)32-16-8-3-9-17-32)36(44-40(48)49-25-24-42-37-18-10-11-23-41-37)29-50(27-30-12-4-1-5-13-30)28-31-14-6-2-7-15-31/h1-23,35-36H,24-29H2,(H3-,41,42,43,44,45,46,47,48). The Morgan fingerprint density at radius 3 is 1.88 bits per heavy atom. The maximum Gasteiger partial charge on any atom is 0.408 e. The van der Waals surface area contributed by atoms with Crippen molar-refractivity contribution in [2.45, 2.75) is 23.5 Å². The Labute approximate surface area is 295 Å². The molecule has 5 aromatic rings. The summed E-state index contributed by atoms with van der Waals surface area (Å²) in [5.74, 6) is -0.551. The lowest BCUT2D eigenvalue weighted by Crippen LogP contribution is -2.52. The van der Waals surface area contributed by atoms with Crippen molar-refractivity contribution in [3.05, 3.63) is 156 Å². The number of carboxylic acid groups (broad SMARTS) is 1. The first-order valence-electron chi connectivity index (χ1n) is 16.4. The third-order valence-corrected chi connectivity index (χ3v) is 10.2. The highest BCUT2D eigenvalue weighted by Crippen LogP contribution is 2.23. The minimum atomic E-state index is -1.31. The zero-order chi connectivity index (χ0) is 35.0. The molecule has 9 nitrogen and oxygen atoms in total. The van der Waals surface area contributed by atoms with Crippen LogP contribution in [-0.4, -0.2) is 54.4 Å². The molecule has 2 unspecified atom stereocenters. The second-order valence-electron chi connectivity index (χ2n) is 11.6. The predicted molar refractivity (Wildman–Crippen MR) is 196 cm³/mol. The normalized spacial score (nSPS) is 12.0. The van der Waals surface area contributed by atoms with Gasteiger partial charge in [-0.15, -0.1) is 0 Å². The first-order chi connectivity index (χ1) is 24.4. The van der Waals surface area contributed by atoms with Crippen molar-refractivity contribution in [2.75, 3.05) is 30.8 Å². The van der Waals surface area contributed by atoms with Crippen molar-refractivity contribution in [1.29, 1.82) is 0 Å². The number of benzene rings is 4. The molecule has 0 saturated heterocycles. The van der Waals surface area contributed by atoms with Crippen molar-refractivity contribution in [1.82, 2.24) is 15.6 Å². The number of aliphatic carboxylic acids is 1. The van der Waals surface area contributed by atoms with Crippen LogP contribution < -0.4 is 21.1 Å². The number of alkyl carbamates (subject to hydrolysis) is 1. The molecule has 2 atom stereocenters. The van der Waals surface area contributed by atoms with Crippen LogP contribution in [0.4, 0.5) is 10.6 Å². The van der Waals surface area contributed by atoms with Gasteiger partial charge in [0.25, 0.3) is 0 Å². The van der Waals surface area contributed by atoms with Gasteiger partial charge < -0.3 is 30.6 Å². The number of amides is 2. The van der Waals surface area contributed by atoms with Gasteiger partial charge in [-0.1, -0.05) is 121 Å². The summed E-state index contributed by atoms with van der Waals surface area (Å²) in [4.78, 5) is 43.3. The van der Waals surface area contributed by atoms with Crippen LogP contribution in [-0.2, 0) is 36.7 Å². The van der Waals surface area contributed by atoms with Gasteiger partial charge in [0, 0.05) is 29.8 Å². The van der Waals surface area contributed by atoms with Crippen molar-refractivity contribution >= 4 is 34.7 Å². The van der Waals surface area contributed by atoms with E-state index in [0.29, 0.717) is 35.2 Å². The molecule has 1 heterocycles. The van der Waals surface area contributed by atoms with E-state index in [-0.39, 0.29) is 24.0 Å². The summed E-state index contributed by atoms with van der Waals surface area (Å²) < 4.78 is 5.42. The maximum absolute atomic E-state index is 13.8. The number of hydrogen-bond acceptors (Lipinski definition) is 7. The minimum absolute atomic E-state index is 0.0439. The van der Waals surface area contributed by atoms with E-state index in [4.69, 9.17) is 4.74 Å². The number of nitrogens with zero attached hydrogens (tertiary/aromatic N) is 1. The fourth-order valence-corrected chi connectivity index (χ4v) is 7.75. The van der Waals surface area contributed by atoms with Crippen LogP contribution in [0.15, 0.2) is 140 Å². The van der Waals surface area contributed by atoms with Gasteiger partial charge in [0.2, 0.25) is 5.91 Å². The molecular weight excluding hydrogens is 649 g/mol. The van der Waals surface area contributed by atoms with Crippen LogP contribution in [0.5, 0.6) is 0 Å². The lowest BCUT2D eigenvalue weighted by Gasteiger charge is -2.23. The van der Waals surface area contributed by atoms with Crippen LogP contribution in [0.1, 0.15) is 22.6 Å². The number of carboxylic acids is 1. The summed E-state index contributed by atoms with van der Waals surface area (Å²) in [5.41, 5.74) is 4.68. The molecule has 5 rings (SSSR count). The Morgan fingerprint density at radius 1 is 0.720 bits per heavy atom. The number of hydrogen-bond donors (Lipinski definition) is 3. The number of carbonyl (C=O) groups excluding carboxylic acids is 3. The summed E-state index contributed by atoms with van der Waals surface area (Å²) in [6, 6.07) is 41.4. The lowest BCUT2D eigenvalue weighted by atomic mass is 9.96. The van der Waals surface area contributed by atoms with Crippen LogP contribution in [0.3, 0.4) is 0 Å². The van der Waals surface area contributed by atoms with Crippen molar-refractivity contribution in [3.63, 3.8) is 0 Å². The van der Waals surface area contributed by atoms with E-state index in [1.54, 1.807) is 30.5 Å². The summed E-state index contributed by atoms with van der Waals surface area (Å²) in [7, 11) is -0.386. The Bertz CT molecular complexity index is 1740. The van der Waals surface area contributed by atoms with Crippen LogP contribution >= 0.6 is 0 Å². The second-order valence-corrected chi connectivity index (χ2v) is 13.8. The molecule has 0 fully saturated rings. The van der Waals surface area contributed by atoms with E-state index in [2.05, 4.69) is 20.9 Å². The number of carbonyl (C=O) groups is 3. The summed E-state index contributed by atoms with van der Waals surface area (Å²) >= 11 is 0. The monoisotopic (exact) mass is 688 g/mol. The molecule has 0 bridgehead atoms. The quantitative estimate of drug-likeness (QED) is 0.0933. The first kappa shape index (κ1) is 35.7. The maximum atomic E-state index is 13.8. The second kappa shape index (κ2) is 18.8. The number of rotatable bonds is 17. The third-order valence-electron chi connectivity index (χ3n) is 7.93. The number of anilines is 1. The van der Waals surface area contributed by atoms with Gasteiger partial charge in [0.15, 0.2) is 6.04 Å². The average molecular weight is 689 g/mol. The molecule has 10 heteroatoms. The van der Waals surface area contributed by atoms with E-state index < -0.39 is 29.9 Å². The number of nitrogens with one attached hydrogen (secondary N) is 3. The van der Waals surface area contributed by atoms with Crippen molar-refractivity contribution < 1.29 is 24.2 Å². The summed E-state index contributed by atoms with van der Waals surface area (Å²) in [6.45, 7) is 0.157. The van der Waals surface area contributed by atoms with Gasteiger partial charge in [-0.25, -0.2) is 9.78 Å². The van der Waals surface area contributed by atoms with Crippen LogP contribution in [0.2, 0.25) is 0 Å². The highest BCUT2D eigenvalue weighted by atomic mass is 32.2. The average Bonchev–Trinajstić information content (AvgIpc) is 3.15. The van der Waals surface area contributed by atoms with E-state index in [0.717, 1.165) is 22.3 Å². The van der Waals surface area contributed by atoms with E-state index >= 15 is 0 Å². The van der Waals surface area contributed by atoms with Gasteiger partial charge in [0.1, 0.15) is 29.7 Å². The topological polar surface area (TPSA) is 132 Å². The molecule has 50 heavy (non-hydrogen) atoms. The molecule has 2 amide bonds. The largest absolute Gasteiger partial charge is 0.549 e. The summed E-state index contributed by atoms with van der Waals surface area (Å²) in [6.07, 6.45) is 0.912. The molecular formula is C40H40N4O5S. The van der Waals surface area contributed by atoms with Gasteiger partial charge >= 0.3 is 6.09 Å². The van der Waals surface area contributed by atoms with Crippen molar-refractivity contribution in [3.8, 4) is 11.1 Å². The fraction of sp³-hybridized carbons (Fsp3) is 0.200. The highest BCUT2D eigenvalue weighted by Gasteiger charge is 2.32. The lowest BCUT2D eigenvalue weighted by molar-refractivity contribution is -0.307. The Morgan fingerprint density at radius 2 is 1.30 bits per heavy atom. The zero-order valence-corrected chi connectivity index (χ0v) is 28.4. The Kier molecular flexibility index (Phi) is 13.4. The number of aromatic nitrogens is 1. The SMILES string of the molecule is O=C(NC(C[S+](Cc1ccccc1)Cc1ccccc1)C(=O)NCC(C(=O)[O-])c1ccc(-c2ccccc2)cc1)OCCNc1ccccn1. The molecule has 0 radical (unpaired) electrons. The van der Waals surface area contributed by atoms with Crippen molar-refractivity contribution in [2.24, 2.45) is 0 Å². The third kappa shape index (κ3) is 11.2. The molecule has 3 N–H and O–H groups in total. The van der Waals surface area contributed by atoms with Crippen LogP contribution in [0, 0.1) is 0 Å². The molecule has 0 aliphatic heterocycles. The zero-order valence-electron chi connectivity index (χ0n) is 27.6. The van der Waals surface area contributed by atoms with E-state index in [1.807, 2.05) is 109 Å². The summed E-state index contributed by atoms with van der Waals surface area (Å²) in [5, 5.41) is 20.9. The number of ether oxygens (including phenoxy) is 1. The van der Waals surface area contributed by atoms with E-state index in [1.165, 1.54) is 0 Å². The van der Waals surface area contributed by atoms with Gasteiger partial charge in [-0.2, -0.15) is 0 Å². The van der Waals surface area contributed by atoms with Crippen LogP contribution in [0.25, 0.3) is 11.1 Å². The molecule has 0 saturated carbocycles. The van der Waals surface area contributed by atoms with Gasteiger partial charge in [0.05, 0.1) is 12.5 Å².